The molecule has 2 aliphatic rings. The number of carbonyl (C=O) groups excluding carboxylic acids is 2. The summed E-state index contributed by atoms with van der Waals surface area (Å²) in [6.45, 7) is 12.6. The number of aryl methyl sites for hydroxylation is 1. The van der Waals surface area contributed by atoms with E-state index in [0.29, 0.717) is 55.3 Å². The van der Waals surface area contributed by atoms with Crippen molar-refractivity contribution in [2.24, 2.45) is 0 Å². The van der Waals surface area contributed by atoms with Gasteiger partial charge in [-0.1, -0.05) is 62.7 Å². The zero-order valence-electron chi connectivity index (χ0n) is 33.6. The fraction of sp³-hybridized carbons (Fsp3) is 0.318. The second-order valence-electron chi connectivity index (χ2n) is 15.7. The van der Waals surface area contributed by atoms with E-state index >= 15 is 0 Å². The summed E-state index contributed by atoms with van der Waals surface area (Å²) in [7, 11) is 0. The summed E-state index contributed by atoms with van der Waals surface area (Å²) in [6.07, 6.45) is 4.64. The first-order valence-corrected chi connectivity index (χ1v) is 19.7. The van der Waals surface area contributed by atoms with Gasteiger partial charge in [0.25, 0.3) is 5.91 Å². The van der Waals surface area contributed by atoms with Crippen molar-refractivity contribution in [3.63, 3.8) is 0 Å². The maximum absolute atomic E-state index is 13.5. The summed E-state index contributed by atoms with van der Waals surface area (Å²) in [5.41, 5.74) is 4.34. The zero-order valence-corrected chi connectivity index (χ0v) is 33.6. The number of morpholine rings is 1. The molecule has 59 heavy (non-hydrogen) atoms. The van der Waals surface area contributed by atoms with Crippen LogP contribution < -0.4 is 26.0 Å². The lowest BCUT2D eigenvalue weighted by Gasteiger charge is -2.34. The monoisotopic (exact) mass is 796 g/mol. The van der Waals surface area contributed by atoms with Gasteiger partial charge in [-0.3, -0.25) is 15.0 Å². The summed E-state index contributed by atoms with van der Waals surface area (Å²) >= 11 is 0. The van der Waals surface area contributed by atoms with E-state index in [1.54, 1.807) is 10.9 Å². The molecule has 3 aromatic carbocycles. The first kappa shape index (κ1) is 39.4. The van der Waals surface area contributed by atoms with Crippen molar-refractivity contribution in [1.29, 1.82) is 0 Å². The number of fused-ring (bicyclic) bond motifs is 1. The molecule has 2 aliphatic heterocycles. The van der Waals surface area contributed by atoms with Crippen LogP contribution in [0.5, 0.6) is 5.75 Å². The first-order chi connectivity index (χ1) is 28.6. The van der Waals surface area contributed by atoms with Gasteiger partial charge < -0.3 is 30.2 Å². The lowest BCUT2D eigenvalue weighted by Crippen LogP contribution is -2.54. The number of rotatable bonds is 11. The molecule has 8 rings (SSSR count). The number of aromatic nitrogens is 5. The number of nitrogens with one attached hydrogen (secondary N) is 4. The SMILES string of the molecule is Cc1ccc(-n2nc(C(C)(C)C)cc2NC(=O)Nc2ccc(OCc3ccnc(Nc4cnc(C(=O)NC5COC[C@@H]5N5CCOCC5)cn4)c3)c3ccccc23)cc1. The largest absolute Gasteiger partial charge is 0.488 e. The van der Waals surface area contributed by atoms with Crippen molar-refractivity contribution in [2.45, 2.75) is 51.8 Å². The maximum atomic E-state index is 13.5. The highest BCUT2D eigenvalue weighted by Gasteiger charge is 2.35. The zero-order chi connectivity index (χ0) is 40.9. The fourth-order valence-electron chi connectivity index (χ4n) is 7.12. The summed E-state index contributed by atoms with van der Waals surface area (Å²) in [4.78, 5) is 42.1. The van der Waals surface area contributed by atoms with Crippen molar-refractivity contribution >= 4 is 45.9 Å². The minimum absolute atomic E-state index is 0.0999. The number of urea groups is 1. The number of anilines is 4. The smallest absolute Gasteiger partial charge is 0.324 e. The van der Waals surface area contributed by atoms with Gasteiger partial charge in [-0.2, -0.15) is 5.10 Å². The third-order valence-corrected chi connectivity index (χ3v) is 10.4. The van der Waals surface area contributed by atoms with Crippen molar-refractivity contribution in [1.82, 2.24) is 34.9 Å². The highest BCUT2D eigenvalue weighted by Crippen LogP contribution is 2.33. The summed E-state index contributed by atoms with van der Waals surface area (Å²) in [5, 5.41) is 18.8. The van der Waals surface area contributed by atoms with E-state index in [9.17, 15) is 9.59 Å². The van der Waals surface area contributed by atoms with Crippen LogP contribution >= 0.6 is 0 Å². The standard InChI is InChI=1S/C44H48N10O5/c1-28-9-11-30(12-10-28)54-41(22-38(52-54)44(2,3)4)51-43(56)49-33-13-14-37(32-8-6-5-7-31(32)33)59-25-29-15-16-45-39(21-29)50-40-24-46-34(23-47-40)42(55)48-35-26-58-27-36(35)53-17-19-57-20-18-53/h5-16,21-24,35-36H,17-20,25-27H2,1-4H3,(H,48,55)(H,45,47,50)(H2,49,51,56)/t35?,36-/m0/s1. The Morgan fingerprint density at radius 2 is 1.64 bits per heavy atom. The molecule has 4 N–H and O–H groups in total. The van der Waals surface area contributed by atoms with Crippen molar-refractivity contribution in [2.75, 3.05) is 55.5 Å². The van der Waals surface area contributed by atoms with E-state index in [1.807, 2.05) is 85.8 Å². The quantitative estimate of drug-likeness (QED) is 0.111. The molecular formula is C44H48N10O5. The topological polar surface area (TPSA) is 170 Å². The Labute approximate surface area is 342 Å². The Kier molecular flexibility index (Phi) is 11.5. The van der Waals surface area contributed by atoms with Crippen molar-refractivity contribution < 1.29 is 23.8 Å². The molecule has 3 amide bonds. The highest BCUT2D eigenvalue weighted by atomic mass is 16.5. The van der Waals surface area contributed by atoms with E-state index in [0.717, 1.165) is 46.4 Å². The van der Waals surface area contributed by atoms with Gasteiger partial charge >= 0.3 is 6.03 Å². The second kappa shape index (κ2) is 17.2. The van der Waals surface area contributed by atoms with Crippen LogP contribution in [0.25, 0.3) is 16.5 Å². The molecule has 2 atom stereocenters. The molecule has 2 saturated heterocycles. The van der Waals surface area contributed by atoms with Gasteiger partial charge in [0.1, 0.15) is 35.5 Å². The Morgan fingerprint density at radius 1 is 0.847 bits per heavy atom. The second-order valence-corrected chi connectivity index (χ2v) is 15.7. The van der Waals surface area contributed by atoms with Crippen LogP contribution in [0, 0.1) is 6.92 Å². The molecular weight excluding hydrogens is 749 g/mol. The van der Waals surface area contributed by atoms with Crippen molar-refractivity contribution in [3.8, 4) is 11.4 Å². The Balaban J connectivity index is 0.894. The van der Waals surface area contributed by atoms with Gasteiger partial charge in [0.15, 0.2) is 0 Å². The predicted octanol–water partition coefficient (Wildman–Crippen LogP) is 6.61. The van der Waals surface area contributed by atoms with Gasteiger partial charge in [-0.05, 0) is 48.9 Å². The molecule has 1 unspecified atom stereocenters. The van der Waals surface area contributed by atoms with Crippen LogP contribution in [-0.4, -0.2) is 93.2 Å². The fourth-order valence-corrected chi connectivity index (χ4v) is 7.12. The van der Waals surface area contributed by atoms with Crippen LogP contribution in [0.3, 0.4) is 0 Å². The number of ether oxygens (including phenoxy) is 3. The number of hydrogen-bond acceptors (Lipinski definition) is 11. The van der Waals surface area contributed by atoms with Crippen LogP contribution in [-0.2, 0) is 21.5 Å². The van der Waals surface area contributed by atoms with E-state index in [1.165, 1.54) is 12.4 Å². The Bertz CT molecular complexity index is 2420. The molecule has 0 saturated carbocycles. The Morgan fingerprint density at radius 3 is 2.41 bits per heavy atom. The third-order valence-electron chi connectivity index (χ3n) is 10.4. The van der Waals surface area contributed by atoms with E-state index in [-0.39, 0.29) is 35.7 Å². The summed E-state index contributed by atoms with van der Waals surface area (Å²) in [5.74, 6) is 1.90. The lowest BCUT2D eigenvalue weighted by atomic mass is 9.92. The average molecular weight is 797 g/mol. The molecule has 304 valence electrons. The average Bonchev–Trinajstić information content (AvgIpc) is 3.89. The van der Waals surface area contributed by atoms with Crippen LogP contribution in [0.4, 0.5) is 27.9 Å². The lowest BCUT2D eigenvalue weighted by molar-refractivity contribution is 0.0108. The van der Waals surface area contributed by atoms with Crippen LogP contribution in [0.15, 0.2) is 97.5 Å². The van der Waals surface area contributed by atoms with E-state index < -0.39 is 6.03 Å². The molecule has 3 aromatic heterocycles. The molecule has 6 aromatic rings. The van der Waals surface area contributed by atoms with E-state index in [4.69, 9.17) is 19.3 Å². The van der Waals surface area contributed by atoms with Crippen LogP contribution in [0.1, 0.15) is 48.1 Å². The van der Waals surface area contributed by atoms with Gasteiger partial charge in [0.05, 0.1) is 68.0 Å². The molecule has 5 heterocycles. The predicted molar refractivity (Wildman–Crippen MR) is 226 cm³/mol. The molecule has 0 spiro atoms. The number of nitrogens with zero attached hydrogens (tertiary/aromatic N) is 6. The molecule has 2 fully saturated rings. The number of pyridine rings is 1. The molecule has 15 nitrogen and oxygen atoms in total. The van der Waals surface area contributed by atoms with Crippen molar-refractivity contribution in [3.05, 3.63) is 120 Å². The minimum Gasteiger partial charge on any atom is -0.488 e. The first-order valence-electron chi connectivity index (χ1n) is 19.7. The molecule has 0 bridgehead atoms. The molecule has 0 aliphatic carbocycles. The van der Waals surface area contributed by atoms with Gasteiger partial charge in [-0.25, -0.2) is 24.4 Å². The number of carbonyl (C=O) groups is 2. The van der Waals surface area contributed by atoms with Gasteiger partial charge in [0, 0.05) is 41.5 Å². The third kappa shape index (κ3) is 9.33. The number of benzene rings is 3. The highest BCUT2D eigenvalue weighted by molar-refractivity contribution is 6.07. The van der Waals surface area contributed by atoms with E-state index in [2.05, 4.69) is 61.9 Å². The van der Waals surface area contributed by atoms with Crippen LogP contribution in [0.2, 0.25) is 0 Å². The maximum Gasteiger partial charge on any atom is 0.324 e. The van der Waals surface area contributed by atoms with Gasteiger partial charge in [0.2, 0.25) is 0 Å². The molecule has 15 heteroatoms. The number of amides is 3. The molecule has 0 radical (unpaired) electrons. The summed E-state index contributed by atoms with van der Waals surface area (Å²) in [6, 6.07) is 24.7. The Hall–Kier alpha value is -6.42. The summed E-state index contributed by atoms with van der Waals surface area (Å²) < 4.78 is 19.3. The van der Waals surface area contributed by atoms with Gasteiger partial charge in [-0.15, -0.1) is 0 Å². The number of hydrogen-bond donors (Lipinski definition) is 4. The normalized spacial score (nSPS) is 17.1. The minimum atomic E-state index is -0.395.